The van der Waals surface area contributed by atoms with Gasteiger partial charge in [0.05, 0.1) is 11.7 Å². The second-order valence-corrected chi connectivity index (χ2v) is 4.08. The van der Waals surface area contributed by atoms with E-state index in [-0.39, 0.29) is 13.0 Å². The fourth-order valence-electron chi connectivity index (χ4n) is 1.83. The molecule has 0 aliphatic carbocycles. The Bertz CT molecular complexity index is 395. The summed E-state index contributed by atoms with van der Waals surface area (Å²) < 4.78 is 28.4. The van der Waals surface area contributed by atoms with Crippen LogP contribution >= 0.6 is 0 Å². The minimum absolute atomic E-state index is 0.0357. The van der Waals surface area contributed by atoms with E-state index >= 15 is 0 Å². The lowest BCUT2D eigenvalue weighted by Crippen LogP contribution is -2.21. The second kappa shape index (κ2) is 5.93. The van der Waals surface area contributed by atoms with Gasteiger partial charge in [0.1, 0.15) is 6.61 Å². The number of alkyl halides is 1. The monoisotopic (exact) mass is 254 g/mol. The molecular formula is C13H15FO4. The molecule has 5 heteroatoms. The second-order valence-electron chi connectivity index (χ2n) is 4.08. The molecular weight excluding hydrogens is 239 g/mol. The van der Waals surface area contributed by atoms with Crippen LogP contribution in [0.15, 0.2) is 30.3 Å². The van der Waals surface area contributed by atoms with Crippen LogP contribution in [0.5, 0.6) is 0 Å². The zero-order valence-electron chi connectivity index (χ0n) is 10.0. The van der Waals surface area contributed by atoms with Gasteiger partial charge in [0, 0.05) is 13.5 Å². The highest BCUT2D eigenvalue weighted by atomic mass is 19.1. The SMILES string of the molecule is CO[C@@H]1O[C@@H](COC(=O)c2ccccc2)C[C@@H]1F. The molecule has 0 amide bonds. The van der Waals surface area contributed by atoms with Crippen molar-refractivity contribution in [2.24, 2.45) is 0 Å². The number of halogens is 1. The Balaban J connectivity index is 1.81. The van der Waals surface area contributed by atoms with E-state index in [9.17, 15) is 9.18 Å². The highest BCUT2D eigenvalue weighted by molar-refractivity contribution is 5.89. The topological polar surface area (TPSA) is 44.8 Å². The molecule has 1 aromatic carbocycles. The first kappa shape index (κ1) is 13.0. The third-order valence-corrected chi connectivity index (χ3v) is 2.75. The summed E-state index contributed by atoms with van der Waals surface area (Å²) in [7, 11) is 1.38. The summed E-state index contributed by atoms with van der Waals surface area (Å²) in [5, 5.41) is 0. The molecule has 18 heavy (non-hydrogen) atoms. The zero-order valence-corrected chi connectivity index (χ0v) is 10.0. The van der Waals surface area contributed by atoms with Gasteiger partial charge in [-0.05, 0) is 12.1 Å². The molecule has 0 aromatic heterocycles. The van der Waals surface area contributed by atoms with Crippen LogP contribution in [0.4, 0.5) is 4.39 Å². The number of carbonyl (C=O) groups is 1. The molecule has 0 unspecified atom stereocenters. The minimum Gasteiger partial charge on any atom is -0.459 e. The highest BCUT2D eigenvalue weighted by Gasteiger charge is 2.36. The molecule has 0 bridgehead atoms. The lowest BCUT2D eigenvalue weighted by Gasteiger charge is -2.12. The Hall–Kier alpha value is -1.46. The summed E-state index contributed by atoms with van der Waals surface area (Å²) in [6.45, 7) is 0.0357. The predicted octanol–water partition coefficient (Wildman–Crippen LogP) is 1.94. The lowest BCUT2D eigenvalue weighted by atomic mass is 10.2. The first-order chi connectivity index (χ1) is 8.70. The average molecular weight is 254 g/mol. The molecule has 1 saturated heterocycles. The van der Waals surface area contributed by atoms with Gasteiger partial charge in [0.2, 0.25) is 0 Å². The Kier molecular flexibility index (Phi) is 4.28. The van der Waals surface area contributed by atoms with Crippen LogP contribution in [0.3, 0.4) is 0 Å². The molecule has 1 aliphatic heterocycles. The van der Waals surface area contributed by atoms with Crippen molar-refractivity contribution < 1.29 is 23.4 Å². The van der Waals surface area contributed by atoms with Crippen LogP contribution in [0.1, 0.15) is 16.8 Å². The molecule has 1 heterocycles. The summed E-state index contributed by atoms with van der Waals surface area (Å²) in [6.07, 6.45) is -2.29. The summed E-state index contributed by atoms with van der Waals surface area (Å²) in [4.78, 5) is 11.6. The van der Waals surface area contributed by atoms with Gasteiger partial charge in [-0.25, -0.2) is 9.18 Å². The van der Waals surface area contributed by atoms with Gasteiger partial charge in [0.15, 0.2) is 12.5 Å². The summed E-state index contributed by atoms with van der Waals surface area (Å²) in [5.41, 5.74) is 0.468. The van der Waals surface area contributed by atoms with Crippen molar-refractivity contribution >= 4 is 5.97 Å². The predicted molar refractivity (Wildman–Crippen MR) is 61.9 cm³/mol. The maximum Gasteiger partial charge on any atom is 0.338 e. The van der Waals surface area contributed by atoms with Gasteiger partial charge in [-0.1, -0.05) is 18.2 Å². The maximum atomic E-state index is 13.3. The molecule has 1 aliphatic rings. The van der Waals surface area contributed by atoms with Gasteiger partial charge in [-0.3, -0.25) is 0 Å². The number of hydrogen-bond donors (Lipinski definition) is 0. The summed E-state index contributed by atoms with van der Waals surface area (Å²) in [6, 6.07) is 8.64. The van der Waals surface area contributed by atoms with E-state index in [1.807, 2.05) is 6.07 Å². The molecule has 0 radical (unpaired) electrons. The standard InChI is InChI=1S/C13H15FO4/c1-16-13-11(14)7-10(18-13)8-17-12(15)9-5-3-2-4-6-9/h2-6,10-11,13H,7-8H2,1H3/t10-,11+,13-/m1/s1. The Morgan fingerprint density at radius 1 is 1.44 bits per heavy atom. The average Bonchev–Trinajstić information content (AvgIpc) is 2.77. The van der Waals surface area contributed by atoms with Crippen molar-refractivity contribution in [2.45, 2.75) is 25.0 Å². The largest absolute Gasteiger partial charge is 0.459 e. The number of benzene rings is 1. The van der Waals surface area contributed by atoms with E-state index < -0.39 is 24.5 Å². The Morgan fingerprint density at radius 2 is 2.17 bits per heavy atom. The highest BCUT2D eigenvalue weighted by Crippen LogP contribution is 2.24. The van der Waals surface area contributed by atoms with Gasteiger partial charge in [-0.2, -0.15) is 0 Å². The van der Waals surface area contributed by atoms with Crippen LogP contribution in [0, 0.1) is 0 Å². The maximum absolute atomic E-state index is 13.3. The number of methoxy groups -OCH3 is 1. The third kappa shape index (κ3) is 3.05. The van der Waals surface area contributed by atoms with Crippen LogP contribution in [0.2, 0.25) is 0 Å². The van der Waals surface area contributed by atoms with Crippen molar-refractivity contribution in [3.05, 3.63) is 35.9 Å². The molecule has 0 saturated carbocycles. The molecule has 1 aromatic rings. The Labute approximate surface area is 105 Å². The van der Waals surface area contributed by atoms with E-state index in [1.54, 1.807) is 24.3 Å². The number of carbonyl (C=O) groups excluding carboxylic acids is 1. The number of ether oxygens (including phenoxy) is 3. The van der Waals surface area contributed by atoms with Gasteiger partial charge < -0.3 is 14.2 Å². The van der Waals surface area contributed by atoms with E-state index in [0.717, 1.165) is 0 Å². The van der Waals surface area contributed by atoms with Crippen molar-refractivity contribution in [3.63, 3.8) is 0 Å². The number of hydrogen-bond acceptors (Lipinski definition) is 4. The first-order valence-electron chi connectivity index (χ1n) is 5.75. The van der Waals surface area contributed by atoms with Crippen molar-refractivity contribution in [3.8, 4) is 0 Å². The van der Waals surface area contributed by atoms with Crippen LogP contribution < -0.4 is 0 Å². The van der Waals surface area contributed by atoms with Crippen molar-refractivity contribution in [2.75, 3.05) is 13.7 Å². The quantitative estimate of drug-likeness (QED) is 0.770. The smallest absolute Gasteiger partial charge is 0.338 e. The molecule has 2 rings (SSSR count). The molecule has 3 atom stereocenters. The fraction of sp³-hybridized carbons (Fsp3) is 0.462. The minimum atomic E-state index is -1.17. The summed E-state index contributed by atoms with van der Waals surface area (Å²) >= 11 is 0. The van der Waals surface area contributed by atoms with E-state index in [0.29, 0.717) is 5.56 Å². The van der Waals surface area contributed by atoms with Crippen LogP contribution in [0.25, 0.3) is 0 Å². The zero-order chi connectivity index (χ0) is 13.0. The summed E-state index contributed by atoms with van der Waals surface area (Å²) in [5.74, 6) is -0.435. The number of esters is 1. The third-order valence-electron chi connectivity index (χ3n) is 2.75. The number of rotatable bonds is 4. The molecule has 1 fully saturated rings. The first-order valence-corrected chi connectivity index (χ1v) is 5.75. The molecule has 0 N–H and O–H groups in total. The van der Waals surface area contributed by atoms with E-state index in [1.165, 1.54) is 7.11 Å². The van der Waals surface area contributed by atoms with Gasteiger partial charge in [-0.15, -0.1) is 0 Å². The van der Waals surface area contributed by atoms with Gasteiger partial charge in [0.25, 0.3) is 0 Å². The van der Waals surface area contributed by atoms with Crippen LogP contribution in [-0.4, -0.2) is 38.3 Å². The van der Waals surface area contributed by atoms with Gasteiger partial charge >= 0.3 is 5.97 Å². The lowest BCUT2D eigenvalue weighted by molar-refractivity contribution is -0.141. The molecule has 4 nitrogen and oxygen atoms in total. The van der Waals surface area contributed by atoms with E-state index in [2.05, 4.69) is 0 Å². The normalized spacial score (nSPS) is 27.1. The molecule has 98 valence electrons. The Morgan fingerprint density at radius 3 is 2.78 bits per heavy atom. The van der Waals surface area contributed by atoms with Crippen LogP contribution in [-0.2, 0) is 14.2 Å². The van der Waals surface area contributed by atoms with Crippen molar-refractivity contribution in [1.29, 1.82) is 0 Å². The van der Waals surface area contributed by atoms with E-state index in [4.69, 9.17) is 14.2 Å². The van der Waals surface area contributed by atoms with Crippen molar-refractivity contribution in [1.82, 2.24) is 0 Å². The fourth-order valence-corrected chi connectivity index (χ4v) is 1.83. The molecule has 0 spiro atoms.